The fraction of sp³-hybridized carbons (Fsp3) is 0.389. The van der Waals surface area contributed by atoms with E-state index < -0.39 is 0 Å². The second-order valence-electron chi connectivity index (χ2n) is 6.27. The Morgan fingerprint density at radius 2 is 1.78 bits per heavy atom. The zero-order valence-electron chi connectivity index (χ0n) is 13.6. The van der Waals surface area contributed by atoms with Crippen LogP contribution in [0.5, 0.6) is 0 Å². The number of aromatic nitrogens is 2. The van der Waals surface area contributed by atoms with Crippen molar-refractivity contribution in [3.05, 3.63) is 47.5 Å². The number of hydrogen-bond donors (Lipinski definition) is 1. The van der Waals surface area contributed by atoms with E-state index in [0.717, 1.165) is 30.4 Å². The molecule has 1 saturated heterocycles. The maximum absolute atomic E-state index is 12.2. The lowest BCUT2D eigenvalue weighted by Gasteiger charge is -2.30. The molecule has 1 aromatic heterocycles. The number of benzene rings is 1. The Kier molecular flexibility index (Phi) is 4.55. The van der Waals surface area contributed by atoms with Crippen molar-refractivity contribution in [3.8, 4) is 0 Å². The van der Waals surface area contributed by atoms with Gasteiger partial charge >= 0.3 is 0 Å². The molecule has 0 atom stereocenters. The van der Waals surface area contributed by atoms with Gasteiger partial charge in [0.25, 0.3) is 5.91 Å². The van der Waals surface area contributed by atoms with Crippen LogP contribution in [0.2, 0.25) is 0 Å². The van der Waals surface area contributed by atoms with E-state index in [1.165, 1.54) is 12.8 Å². The molecule has 3 rings (SSSR count). The number of hydrogen-bond acceptors (Lipinski definition) is 4. The second kappa shape index (κ2) is 6.77. The Balaban J connectivity index is 1.63. The summed E-state index contributed by atoms with van der Waals surface area (Å²) >= 11 is 0. The summed E-state index contributed by atoms with van der Waals surface area (Å²) in [5, 5.41) is 11.2. The first kappa shape index (κ1) is 15.5. The fourth-order valence-electron chi connectivity index (χ4n) is 2.69. The van der Waals surface area contributed by atoms with Crippen molar-refractivity contribution >= 4 is 17.5 Å². The number of aryl methyl sites for hydroxylation is 1. The number of piperidine rings is 1. The third-order valence-electron chi connectivity index (χ3n) is 4.31. The van der Waals surface area contributed by atoms with E-state index >= 15 is 0 Å². The van der Waals surface area contributed by atoms with Gasteiger partial charge in [-0.3, -0.25) is 4.79 Å². The standard InChI is InChI=1S/C18H22N4O/c1-13-3-5-15(6-4-13)18(23)19-16-7-8-17(21-20-16)22-11-9-14(2)10-12-22/h3-8,14H,9-12H2,1-2H3,(H,19,20,23). The highest BCUT2D eigenvalue weighted by Gasteiger charge is 2.17. The molecule has 0 bridgehead atoms. The van der Waals surface area contributed by atoms with Crippen molar-refractivity contribution in [2.75, 3.05) is 23.3 Å². The van der Waals surface area contributed by atoms with Crippen molar-refractivity contribution in [3.63, 3.8) is 0 Å². The molecule has 1 fully saturated rings. The number of nitrogens with one attached hydrogen (secondary N) is 1. The fourth-order valence-corrected chi connectivity index (χ4v) is 2.69. The molecule has 0 unspecified atom stereocenters. The zero-order chi connectivity index (χ0) is 16.2. The molecule has 1 aromatic carbocycles. The summed E-state index contributed by atoms with van der Waals surface area (Å²) in [6, 6.07) is 11.2. The Bertz CT molecular complexity index is 658. The minimum Gasteiger partial charge on any atom is -0.355 e. The van der Waals surface area contributed by atoms with Crippen molar-refractivity contribution in [2.24, 2.45) is 5.92 Å². The predicted octanol–water partition coefficient (Wildman–Crippen LogP) is 3.27. The molecule has 0 radical (unpaired) electrons. The number of carbonyl (C=O) groups is 1. The molecule has 2 heterocycles. The minimum atomic E-state index is -0.168. The lowest BCUT2D eigenvalue weighted by Crippen LogP contribution is -2.33. The molecule has 0 spiro atoms. The minimum absolute atomic E-state index is 0.168. The van der Waals surface area contributed by atoms with E-state index in [0.29, 0.717) is 11.4 Å². The molecular formula is C18H22N4O. The quantitative estimate of drug-likeness (QED) is 0.945. The topological polar surface area (TPSA) is 58.1 Å². The van der Waals surface area contributed by atoms with Crippen LogP contribution in [0.4, 0.5) is 11.6 Å². The van der Waals surface area contributed by atoms with Crippen LogP contribution in [0.15, 0.2) is 36.4 Å². The van der Waals surface area contributed by atoms with E-state index in [2.05, 4.69) is 27.3 Å². The Labute approximate surface area is 136 Å². The van der Waals surface area contributed by atoms with Gasteiger partial charge in [-0.25, -0.2) is 0 Å². The van der Waals surface area contributed by atoms with Crippen molar-refractivity contribution in [1.29, 1.82) is 0 Å². The van der Waals surface area contributed by atoms with E-state index in [1.807, 2.05) is 31.2 Å². The molecule has 1 aliphatic heterocycles. The molecule has 23 heavy (non-hydrogen) atoms. The molecule has 1 amide bonds. The molecule has 0 saturated carbocycles. The molecule has 5 heteroatoms. The summed E-state index contributed by atoms with van der Waals surface area (Å²) in [5.74, 6) is 1.97. The maximum atomic E-state index is 12.2. The lowest BCUT2D eigenvalue weighted by molar-refractivity contribution is 0.102. The van der Waals surface area contributed by atoms with Crippen LogP contribution >= 0.6 is 0 Å². The van der Waals surface area contributed by atoms with Gasteiger partial charge in [0, 0.05) is 18.7 Å². The van der Waals surface area contributed by atoms with Gasteiger partial charge in [0.1, 0.15) is 0 Å². The van der Waals surface area contributed by atoms with Gasteiger partial charge in [-0.15, -0.1) is 10.2 Å². The van der Waals surface area contributed by atoms with Crippen LogP contribution in [-0.2, 0) is 0 Å². The lowest BCUT2D eigenvalue weighted by atomic mass is 9.99. The first-order valence-electron chi connectivity index (χ1n) is 8.08. The summed E-state index contributed by atoms with van der Waals surface area (Å²) in [7, 11) is 0. The molecule has 1 aliphatic rings. The van der Waals surface area contributed by atoms with Crippen LogP contribution in [0.1, 0.15) is 35.7 Å². The van der Waals surface area contributed by atoms with Crippen LogP contribution < -0.4 is 10.2 Å². The highest BCUT2D eigenvalue weighted by molar-refractivity contribution is 6.03. The third-order valence-corrected chi connectivity index (χ3v) is 4.31. The van der Waals surface area contributed by atoms with E-state index in [1.54, 1.807) is 12.1 Å². The zero-order valence-corrected chi connectivity index (χ0v) is 13.6. The average molecular weight is 310 g/mol. The molecule has 0 aliphatic carbocycles. The summed E-state index contributed by atoms with van der Waals surface area (Å²) in [4.78, 5) is 14.4. The average Bonchev–Trinajstić information content (AvgIpc) is 2.57. The molecular weight excluding hydrogens is 288 g/mol. The van der Waals surface area contributed by atoms with Gasteiger partial charge in [0.2, 0.25) is 0 Å². The first-order valence-corrected chi connectivity index (χ1v) is 8.08. The van der Waals surface area contributed by atoms with Crippen LogP contribution in [0.3, 0.4) is 0 Å². The van der Waals surface area contributed by atoms with Gasteiger partial charge < -0.3 is 10.2 Å². The molecule has 1 N–H and O–H groups in total. The number of amides is 1. The number of rotatable bonds is 3. The van der Waals surface area contributed by atoms with Crippen LogP contribution in [0.25, 0.3) is 0 Å². The van der Waals surface area contributed by atoms with E-state index in [-0.39, 0.29) is 5.91 Å². The maximum Gasteiger partial charge on any atom is 0.256 e. The number of nitrogens with zero attached hydrogens (tertiary/aromatic N) is 3. The summed E-state index contributed by atoms with van der Waals surface area (Å²) in [5.41, 5.74) is 1.74. The summed E-state index contributed by atoms with van der Waals surface area (Å²) in [6.07, 6.45) is 2.38. The van der Waals surface area contributed by atoms with Crippen molar-refractivity contribution in [1.82, 2.24) is 10.2 Å². The van der Waals surface area contributed by atoms with Gasteiger partial charge in [0.05, 0.1) is 0 Å². The number of anilines is 2. The third kappa shape index (κ3) is 3.86. The van der Waals surface area contributed by atoms with Crippen LogP contribution in [0, 0.1) is 12.8 Å². The summed E-state index contributed by atoms with van der Waals surface area (Å²) < 4.78 is 0. The van der Waals surface area contributed by atoms with Crippen molar-refractivity contribution < 1.29 is 4.79 Å². The van der Waals surface area contributed by atoms with Crippen molar-refractivity contribution in [2.45, 2.75) is 26.7 Å². The van der Waals surface area contributed by atoms with Gasteiger partial charge in [-0.2, -0.15) is 0 Å². The highest BCUT2D eigenvalue weighted by Crippen LogP contribution is 2.21. The normalized spacial score (nSPS) is 15.5. The Morgan fingerprint density at radius 1 is 1.09 bits per heavy atom. The molecule has 5 nitrogen and oxygen atoms in total. The molecule has 2 aromatic rings. The van der Waals surface area contributed by atoms with Gasteiger partial charge in [0.15, 0.2) is 11.6 Å². The SMILES string of the molecule is Cc1ccc(C(=O)Nc2ccc(N3CCC(C)CC3)nn2)cc1. The smallest absolute Gasteiger partial charge is 0.256 e. The van der Waals surface area contributed by atoms with Gasteiger partial charge in [-0.05, 0) is 49.9 Å². The largest absolute Gasteiger partial charge is 0.355 e. The van der Waals surface area contributed by atoms with Crippen LogP contribution in [-0.4, -0.2) is 29.2 Å². The Morgan fingerprint density at radius 3 is 2.39 bits per heavy atom. The van der Waals surface area contributed by atoms with E-state index in [9.17, 15) is 4.79 Å². The number of carbonyl (C=O) groups excluding carboxylic acids is 1. The highest BCUT2D eigenvalue weighted by atomic mass is 16.1. The second-order valence-corrected chi connectivity index (χ2v) is 6.27. The summed E-state index contributed by atoms with van der Waals surface area (Å²) in [6.45, 7) is 6.32. The first-order chi connectivity index (χ1) is 11.1. The monoisotopic (exact) mass is 310 g/mol. The van der Waals surface area contributed by atoms with E-state index in [4.69, 9.17) is 0 Å². The Hall–Kier alpha value is -2.43. The predicted molar refractivity (Wildman–Crippen MR) is 91.8 cm³/mol. The van der Waals surface area contributed by atoms with Gasteiger partial charge in [-0.1, -0.05) is 24.6 Å². The molecule has 120 valence electrons.